The fourth-order valence-electron chi connectivity index (χ4n) is 2.03. The minimum atomic E-state index is -0.182. The third-order valence-corrected chi connectivity index (χ3v) is 3.32. The van der Waals surface area contributed by atoms with Crippen LogP contribution in [-0.4, -0.2) is 32.8 Å². The van der Waals surface area contributed by atoms with Gasteiger partial charge in [0.05, 0.1) is 12.3 Å². The number of methoxy groups -OCH3 is 1. The number of rotatable bonds is 8. The SMILES string of the molecule is CCC(N)Cc1ccc(N(CC)CCOC)c(F)c1. The van der Waals surface area contributed by atoms with Crippen molar-refractivity contribution in [2.24, 2.45) is 5.73 Å². The number of halogens is 1. The molecule has 0 aromatic heterocycles. The molecule has 0 heterocycles. The van der Waals surface area contributed by atoms with E-state index in [1.165, 1.54) is 0 Å². The van der Waals surface area contributed by atoms with E-state index in [9.17, 15) is 4.39 Å². The fraction of sp³-hybridized carbons (Fsp3) is 0.600. The zero-order valence-corrected chi connectivity index (χ0v) is 12.2. The van der Waals surface area contributed by atoms with E-state index in [2.05, 4.69) is 0 Å². The van der Waals surface area contributed by atoms with Crippen LogP contribution in [-0.2, 0) is 11.2 Å². The lowest BCUT2D eigenvalue weighted by Gasteiger charge is -2.23. The van der Waals surface area contributed by atoms with Gasteiger partial charge in [-0.25, -0.2) is 4.39 Å². The molecule has 0 saturated carbocycles. The Hall–Kier alpha value is -1.13. The van der Waals surface area contributed by atoms with Gasteiger partial charge in [0.2, 0.25) is 0 Å². The Morgan fingerprint density at radius 2 is 2.11 bits per heavy atom. The van der Waals surface area contributed by atoms with Crippen LogP contribution < -0.4 is 10.6 Å². The number of hydrogen-bond acceptors (Lipinski definition) is 3. The first-order valence-electron chi connectivity index (χ1n) is 6.90. The van der Waals surface area contributed by atoms with E-state index in [1.54, 1.807) is 13.2 Å². The van der Waals surface area contributed by atoms with Crippen molar-refractivity contribution < 1.29 is 9.13 Å². The minimum absolute atomic E-state index is 0.0982. The van der Waals surface area contributed by atoms with Crippen molar-refractivity contribution in [3.8, 4) is 0 Å². The Bertz CT molecular complexity index is 384. The van der Waals surface area contributed by atoms with Crippen molar-refractivity contribution in [3.05, 3.63) is 29.6 Å². The maximum Gasteiger partial charge on any atom is 0.146 e. The van der Waals surface area contributed by atoms with Crippen molar-refractivity contribution in [2.75, 3.05) is 31.7 Å². The highest BCUT2D eigenvalue weighted by atomic mass is 19.1. The number of benzene rings is 1. The van der Waals surface area contributed by atoms with Gasteiger partial charge in [0.25, 0.3) is 0 Å². The quantitative estimate of drug-likeness (QED) is 0.787. The standard InChI is InChI=1S/C15H25FN2O/c1-4-13(17)10-12-6-7-15(14(16)11-12)18(5-2)8-9-19-3/h6-7,11,13H,4-5,8-10,17H2,1-3H3. The summed E-state index contributed by atoms with van der Waals surface area (Å²) in [7, 11) is 1.65. The molecule has 1 rings (SSSR count). The Labute approximate surface area is 115 Å². The van der Waals surface area contributed by atoms with Crippen LogP contribution in [0.15, 0.2) is 18.2 Å². The Balaban J connectivity index is 2.80. The Morgan fingerprint density at radius 1 is 1.37 bits per heavy atom. The van der Waals surface area contributed by atoms with Crippen molar-refractivity contribution in [1.82, 2.24) is 0 Å². The molecule has 1 unspecified atom stereocenters. The van der Waals surface area contributed by atoms with Gasteiger partial charge in [0, 0.05) is 26.2 Å². The Kier molecular flexibility index (Phi) is 6.81. The van der Waals surface area contributed by atoms with Crippen LogP contribution in [0.4, 0.5) is 10.1 Å². The highest BCUT2D eigenvalue weighted by Gasteiger charge is 2.11. The monoisotopic (exact) mass is 268 g/mol. The largest absolute Gasteiger partial charge is 0.383 e. The van der Waals surface area contributed by atoms with Gasteiger partial charge in [-0.2, -0.15) is 0 Å². The summed E-state index contributed by atoms with van der Waals surface area (Å²) in [5.74, 6) is -0.182. The van der Waals surface area contributed by atoms with E-state index in [0.717, 1.165) is 24.9 Å². The van der Waals surface area contributed by atoms with Gasteiger partial charge < -0.3 is 15.4 Å². The molecule has 0 aliphatic carbocycles. The summed E-state index contributed by atoms with van der Waals surface area (Å²) >= 11 is 0. The third kappa shape index (κ3) is 4.80. The highest BCUT2D eigenvalue weighted by molar-refractivity contribution is 5.49. The second-order valence-corrected chi connectivity index (χ2v) is 4.73. The van der Waals surface area contributed by atoms with E-state index in [0.29, 0.717) is 18.8 Å². The molecule has 0 amide bonds. The maximum atomic E-state index is 14.1. The van der Waals surface area contributed by atoms with E-state index in [-0.39, 0.29) is 11.9 Å². The normalized spacial score (nSPS) is 12.5. The van der Waals surface area contributed by atoms with Crippen LogP contribution in [0.2, 0.25) is 0 Å². The fourth-order valence-corrected chi connectivity index (χ4v) is 2.03. The smallest absolute Gasteiger partial charge is 0.146 e. The first kappa shape index (κ1) is 15.9. The average Bonchev–Trinajstić information content (AvgIpc) is 2.41. The molecule has 0 radical (unpaired) electrons. The molecule has 0 spiro atoms. The minimum Gasteiger partial charge on any atom is -0.383 e. The molecule has 0 aliphatic heterocycles. The van der Waals surface area contributed by atoms with Crippen molar-refractivity contribution >= 4 is 5.69 Å². The first-order valence-corrected chi connectivity index (χ1v) is 6.90. The van der Waals surface area contributed by atoms with Gasteiger partial charge in [-0.1, -0.05) is 13.0 Å². The molecule has 0 saturated heterocycles. The number of hydrogen-bond donors (Lipinski definition) is 1. The summed E-state index contributed by atoms with van der Waals surface area (Å²) in [6.07, 6.45) is 1.62. The number of likely N-dealkylation sites (N-methyl/N-ethyl adjacent to an activating group) is 1. The molecule has 2 N–H and O–H groups in total. The van der Waals surface area contributed by atoms with Crippen LogP contribution in [0.25, 0.3) is 0 Å². The van der Waals surface area contributed by atoms with Crippen LogP contribution in [0.1, 0.15) is 25.8 Å². The molecule has 1 aromatic carbocycles. The molecular formula is C15H25FN2O. The van der Waals surface area contributed by atoms with E-state index in [4.69, 9.17) is 10.5 Å². The van der Waals surface area contributed by atoms with Crippen LogP contribution in [0.3, 0.4) is 0 Å². The lowest BCUT2D eigenvalue weighted by atomic mass is 10.0. The van der Waals surface area contributed by atoms with E-state index < -0.39 is 0 Å². The maximum absolute atomic E-state index is 14.1. The molecule has 1 aromatic rings. The molecule has 0 aliphatic rings. The van der Waals surface area contributed by atoms with Crippen LogP contribution in [0.5, 0.6) is 0 Å². The average molecular weight is 268 g/mol. The van der Waals surface area contributed by atoms with Crippen LogP contribution in [0, 0.1) is 5.82 Å². The van der Waals surface area contributed by atoms with Crippen LogP contribution >= 0.6 is 0 Å². The van der Waals surface area contributed by atoms with Gasteiger partial charge in [-0.05, 0) is 37.5 Å². The summed E-state index contributed by atoms with van der Waals surface area (Å²) in [6.45, 7) is 6.09. The Morgan fingerprint density at radius 3 is 2.63 bits per heavy atom. The number of nitrogens with zero attached hydrogens (tertiary/aromatic N) is 1. The second-order valence-electron chi connectivity index (χ2n) is 4.73. The summed E-state index contributed by atoms with van der Waals surface area (Å²) in [5, 5.41) is 0. The summed E-state index contributed by atoms with van der Waals surface area (Å²) in [6, 6.07) is 5.50. The van der Waals surface area contributed by atoms with Crippen molar-refractivity contribution in [3.63, 3.8) is 0 Å². The third-order valence-electron chi connectivity index (χ3n) is 3.32. The van der Waals surface area contributed by atoms with Gasteiger partial charge in [-0.3, -0.25) is 0 Å². The molecule has 0 bridgehead atoms. The topological polar surface area (TPSA) is 38.5 Å². The lowest BCUT2D eigenvalue weighted by Crippen LogP contribution is -2.28. The van der Waals surface area contributed by atoms with E-state index in [1.807, 2.05) is 30.9 Å². The molecule has 108 valence electrons. The van der Waals surface area contributed by atoms with Crippen molar-refractivity contribution in [1.29, 1.82) is 0 Å². The lowest BCUT2D eigenvalue weighted by molar-refractivity contribution is 0.205. The van der Waals surface area contributed by atoms with Gasteiger partial charge in [0.15, 0.2) is 0 Å². The number of ether oxygens (including phenoxy) is 1. The zero-order valence-electron chi connectivity index (χ0n) is 12.2. The van der Waals surface area contributed by atoms with Gasteiger partial charge in [0.1, 0.15) is 5.82 Å². The summed E-state index contributed by atoms with van der Waals surface area (Å²) in [4.78, 5) is 1.97. The molecule has 4 heteroatoms. The molecule has 1 atom stereocenters. The first-order chi connectivity index (χ1) is 9.12. The number of nitrogens with two attached hydrogens (primary N) is 1. The zero-order chi connectivity index (χ0) is 14.3. The predicted molar refractivity (Wildman–Crippen MR) is 78.1 cm³/mol. The highest BCUT2D eigenvalue weighted by Crippen LogP contribution is 2.21. The molecule has 3 nitrogen and oxygen atoms in total. The molecule has 0 fully saturated rings. The summed E-state index contributed by atoms with van der Waals surface area (Å²) in [5.41, 5.74) is 7.49. The van der Waals surface area contributed by atoms with E-state index >= 15 is 0 Å². The van der Waals surface area contributed by atoms with Crippen molar-refractivity contribution in [2.45, 2.75) is 32.7 Å². The van der Waals surface area contributed by atoms with Gasteiger partial charge in [-0.15, -0.1) is 0 Å². The molecular weight excluding hydrogens is 243 g/mol. The molecule has 19 heavy (non-hydrogen) atoms. The summed E-state index contributed by atoms with van der Waals surface area (Å²) < 4.78 is 19.2. The second kappa shape index (κ2) is 8.12. The predicted octanol–water partition coefficient (Wildman–Crippen LogP) is 2.58. The van der Waals surface area contributed by atoms with Gasteiger partial charge >= 0.3 is 0 Å². The number of anilines is 1.